The van der Waals surface area contributed by atoms with Gasteiger partial charge >= 0.3 is 5.97 Å². The van der Waals surface area contributed by atoms with Crippen LogP contribution in [0.4, 0.5) is 4.39 Å². The molecule has 11 nitrogen and oxygen atoms in total. The van der Waals surface area contributed by atoms with Crippen molar-refractivity contribution >= 4 is 49.3 Å². The predicted molar refractivity (Wildman–Crippen MR) is 199 cm³/mol. The summed E-state index contributed by atoms with van der Waals surface area (Å²) in [6, 6.07) is 13.5. The molecule has 2 aromatic heterocycles. The second-order valence-corrected chi connectivity index (χ2v) is 16.2. The maximum absolute atomic E-state index is 13.9. The van der Waals surface area contributed by atoms with E-state index in [0.29, 0.717) is 86.1 Å². The molecular formula is C38H43ClFN5O6S. The van der Waals surface area contributed by atoms with Crippen molar-refractivity contribution in [3.8, 4) is 16.9 Å². The number of aromatic carboxylic acids is 1. The van der Waals surface area contributed by atoms with Gasteiger partial charge in [0.25, 0.3) is 0 Å². The fourth-order valence-corrected chi connectivity index (χ4v) is 9.23. The van der Waals surface area contributed by atoms with Crippen molar-refractivity contribution < 1.29 is 32.2 Å². The first-order valence-corrected chi connectivity index (χ1v) is 19.6. The van der Waals surface area contributed by atoms with E-state index in [2.05, 4.69) is 4.90 Å². The van der Waals surface area contributed by atoms with Crippen molar-refractivity contribution in [2.24, 2.45) is 7.05 Å². The Morgan fingerprint density at radius 1 is 1.06 bits per heavy atom. The number of rotatable bonds is 7. The molecule has 0 radical (unpaired) electrons. The van der Waals surface area contributed by atoms with Crippen LogP contribution < -0.4 is 4.74 Å². The van der Waals surface area contributed by atoms with Crippen molar-refractivity contribution in [3.05, 3.63) is 82.0 Å². The molecule has 0 amide bonds. The summed E-state index contributed by atoms with van der Waals surface area (Å²) < 4.78 is 57.8. The molecule has 4 heterocycles. The molecule has 0 spiro atoms. The van der Waals surface area contributed by atoms with E-state index < -0.39 is 16.0 Å². The summed E-state index contributed by atoms with van der Waals surface area (Å²) in [6.07, 6.45) is 1.58. The highest BCUT2D eigenvalue weighted by Gasteiger charge is 2.34. The molecule has 14 heteroatoms. The lowest BCUT2D eigenvalue weighted by molar-refractivity contribution is 0.0126. The average Bonchev–Trinajstić information content (AvgIpc) is 3.59. The number of ether oxygens (including phenoxy) is 2. The molecule has 52 heavy (non-hydrogen) atoms. The van der Waals surface area contributed by atoms with Crippen molar-refractivity contribution in [3.63, 3.8) is 0 Å². The number of benzene rings is 3. The molecular weight excluding hydrogens is 709 g/mol. The molecule has 5 aromatic rings. The highest BCUT2D eigenvalue weighted by Crippen LogP contribution is 2.45. The smallest absolute Gasteiger partial charge is 0.352 e. The van der Waals surface area contributed by atoms with Gasteiger partial charge in [0.05, 0.1) is 47.8 Å². The van der Waals surface area contributed by atoms with E-state index in [9.17, 15) is 22.7 Å². The van der Waals surface area contributed by atoms with Crippen molar-refractivity contribution in [1.82, 2.24) is 23.6 Å². The van der Waals surface area contributed by atoms with Gasteiger partial charge in [-0.05, 0) is 73.9 Å². The first-order valence-electron chi connectivity index (χ1n) is 17.6. The largest absolute Gasteiger partial charge is 0.493 e. The van der Waals surface area contributed by atoms with Gasteiger partial charge in [-0.3, -0.25) is 9.58 Å². The van der Waals surface area contributed by atoms with Crippen molar-refractivity contribution in [2.75, 3.05) is 52.3 Å². The molecule has 7 rings (SSSR count). The van der Waals surface area contributed by atoms with Gasteiger partial charge in [-0.2, -0.15) is 5.10 Å². The van der Waals surface area contributed by atoms with E-state index >= 15 is 0 Å². The summed E-state index contributed by atoms with van der Waals surface area (Å²) in [7, 11) is -0.151. The van der Waals surface area contributed by atoms with Crippen LogP contribution >= 0.6 is 11.6 Å². The molecule has 0 saturated carbocycles. The monoisotopic (exact) mass is 751 g/mol. The van der Waals surface area contributed by atoms with Gasteiger partial charge in [0, 0.05) is 67.9 Å². The number of sulfonamides is 1. The fourth-order valence-electron chi connectivity index (χ4n) is 7.79. The lowest BCUT2D eigenvalue weighted by Crippen LogP contribution is -2.41. The number of nitrogens with zero attached hydrogens (tertiary/aromatic N) is 5. The third kappa shape index (κ3) is 6.80. The summed E-state index contributed by atoms with van der Waals surface area (Å²) >= 11 is 7.16. The number of carboxylic acid groups (broad SMARTS) is 1. The summed E-state index contributed by atoms with van der Waals surface area (Å²) in [6.45, 7) is 5.16. The lowest BCUT2D eigenvalue weighted by Gasteiger charge is -2.35. The van der Waals surface area contributed by atoms with Gasteiger partial charge < -0.3 is 19.1 Å². The van der Waals surface area contributed by atoms with Crippen molar-refractivity contribution in [2.45, 2.75) is 45.2 Å². The van der Waals surface area contributed by atoms with Crippen LogP contribution in [0.25, 0.3) is 32.8 Å². The Labute approximate surface area is 307 Å². The normalized spacial score (nSPS) is 18.8. The zero-order chi connectivity index (χ0) is 36.7. The second kappa shape index (κ2) is 14.8. The molecule has 3 aromatic carbocycles. The molecule has 1 unspecified atom stereocenters. The van der Waals surface area contributed by atoms with Gasteiger partial charge in [0.15, 0.2) is 0 Å². The van der Waals surface area contributed by atoms with Crippen LogP contribution in [0.1, 0.15) is 52.7 Å². The molecule has 1 fully saturated rings. The minimum Gasteiger partial charge on any atom is -0.493 e. The Bertz CT molecular complexity index is 2270. The number of halogens is 2. The Morgan fingerprint density at radius 3 is 2.60 bits per heavy atom. The third-order valence-electron chi connectivity index (χ3n) is 10.5. The van der Waals surface area contributed by atoms with Crippen LogP contribution in [0.2, 0.25) is 5.02 Å². The first kappa shape index (κ1) is 36.4. The molecule has 276 valence electrons. The topological polar surface area (TPSA) is 119 Å². The van der Waals surface area contributed by atoms with E-state index in [1.807, 2.05) is 49.0 Å². The number of hydrogen-bond acceptors (Lipinski definition) is 7. The highest BCUT2D eigenvalue weighted by atomic mass is 35.5. The maximum atomic E-state index is 13.9. The summed E-state index contributed by atoms with van der Waals surface area (Å²) in [5.74, 6) is -0.948. The van der Waals surface area contributed by atoms with E-state index in [0.717, 1.165) is 33.1 Å². The van der Waals surface area contributed by atoms with Crippen LogP contribution in [0.3, 0.4) is 0 Å². The van der Waals surface area contributed by atoms with E-state index in [1.54, 1.807) is 17.7 Å². The van der Waals surface area contributed by atoms with Gasteiger partial charge in [-0.25, -0.2) is 21.9 Å². The molecule has 0 bridgehead atoms. The number of fused-ring (bicyclic) bond motifs is 3. The molecule has 0 aliphatic carbocycles. The molecule has 2 aliphatic heterocycles. The fraction of sp³-hybridized carbons (Fsp3) is 0.421. The van der Waals surface area contributed by atoms with Crippen LogP contribution in [-0.4, -0.2) is 95.3 Å². The van der Waals surface area contributed by atoms with Crippen LogP contribution in [0.15, 0.2) is 48.5 Å². The number of hydrogen-bond donors (Lipinski definition) is 1. The SMILES string of the molecule is Cc1c2c(nn1C)C(N1CCOCC1)CCN(C)S(=O)(=O)CCCn1c(C(=O)O)c(CCCOc3cccc4cc(F)ccc34)c3ccc(Cl)c-2c31. The lowest BCUT2D eigenvalue weighted by atomic mass is 9.94. The molecule has 2 aliphatic rings. The molecule has 1 atom stereocenters. The Morgan fingerprint density at radius 2 is 1.83 bits per heavy atom. The zero-order valence-electron chi connectivity index (χ0n) is 29.6. The van der Waals surface area contributed by atoms with Gasteiger partial charge in [0.2, 0.25) is 10.0 Å². The van der Waals surface area contributed by atoms with Crippen molar-refractivity contribution in [1.29, 1.82) is 0 Å². The average molecular weight is 752 g/mol. The van der Waals surface area contributed by atoms with E-state index in [-0.39, 0.29) is 36.3 Å². The second-order valence-electron chi connectivity index (χ2n) is 13.6. The first-order chi connectivity index (χ1) is 25.0. The highest BCUT2D eigenvalue weighted by molar-refractivity contribution is 7.89. The van der Waals surface area contributed by atoms with Crippen LogP contribution in [0.5, 0.6) is 5.75 Å². The Hall–Kier alpha value is -4.01. The quantitative estimate of drug-likeness (QED) is 0.189. The summed E-state index contributed by atoms with van der Waals surface area (Å²) in [5, 5.41) is 18.6. The van der Waals surface area contributed by atoms with Gasteiger partial charge in [-0.15, -0.1) is 0 Å². The maximum Gasteiger partial charge on any atom is 0.352 e. The summed E-state index contributed by atoms with van der Waals surface area (Å²) in [4.78, 5) is 15.5. The minimum absolute atomic E-state index is 0.104. The van der Waals surface area contributed by atoms with Gasteiger partial charge in [0.1, 0.15) is 17.3 Å². The van der Waals surface area contributed by atoms with E-state index in [4.69, 9.17) is 26.2 Å². The Balaban J connectivity index is 1.36. The predicted octanol–water partition coefficient (Wildman–Crippen LogP) is 6.43. The van der Waals surface area contributed by atoms with E-state index in [1.165, 1.54) is 16.4 Å². The zero-order valence-corrected chi connectivity index (χ0v) is 31.1. The molecule has 1 saturated heterocycles. The van der Waals surface area contributed by atoms with Crippen LogP contribution in [0, 0.1) is 12.7 Å². The number of aryl methyl sites for hydroxylation is 3. The number of carbonyl (C=O) groups is 1. The number of aromatic nitrogens is 3. The van der Waals surface area contributed by atoms with Crippen LogP contribution in [-0.2, 0) is 34.8 Å². The number of carboxylic acids is 1. The van der Waals surface area contributed by atoms with Gasteiger partial charge in [-0.1, -0.05) is 29.8 Å². The third-order valence-corrected chi connectivity index (χ3v) is 12.8. The Kier molecular flexibility index (Phi) is 10.3. The standard InChI is InChI=1S/C38H43ClFN5O6S/c1-24-33-34-30(39)13-12-29-28(8-5-19-51-32-9-4-7-25-23-26(40)10-11-27(25)32)37(38(46)47)45(36(29)34)15-6-22-52(48,49)42(2)16-14-31(35(33)41-43(24)3)44-17-20-50-21-18-44/h4,7,9-13,23,31H,5-6,8,14-22H2,1-3H3,(H,46,47). The minimum atomic E-state index is -3.64. The number of morpholine rings is 1. The summed E-state index contributed by atoms with van der Waals surface area (Å²) in [5.41, 5.74) is 4.55. The molecule has 1 N–H and O–H groups in total.